The molecule has 0 radical (unpaired) electrons. The smallest absolute Gasteiger partial charge is 0.258 e. The van der Waals surface area contributed by atoms with Crippen molar-refractivity contribution in [3.63, 3.8) is 0 Å². The van der Waals surface area contributed by atoms with E-state index >= 15 is 0 Å². The van der Waals surface area contributed by atoms with Gasteiger partial charge in [0.1, 0.15) is 11.5 Å². The van der Waals surface area contributed by atoms with Crippen molar-refractivity contribution < 1.29 is 14.3 Å². The van der Waals surface area contributed by atoms with Crippen molar-refractivity contribution in [1.29, 1.82) is 0 Å². The average Bonchev–Trinajstić information content (AvgIpc) is 2.59. The van der Waals surface area contributed by atoms with Crippen molar-refractivity contribution in [3.8, 4) is 11.5 Å². The fraction of sp³-hybridized carbons (Fsp3) is 0.350. The second-order valence-electron chi connectivity index (χ2n) is 6.12. The second-order valence-corrected chi connectivity index (χ2v) is 6.12. The lowest BCUT2D eigenvalue weighted by Gasteiger charge is -2.23. The summed E-state index contributed by atoms with van der Waals surface area (Å²) in [6, 6.07) is 15.4. The molecular weight excluding hydrogens is 302 g/mol. The summed E-state index contributed by atoms with van der Waals surface area (Å²) < 4.78 is 10.8. The first-order chi connectivity index (χ1) is 11.5. The number of hydrogen-bond acceptors (Lipinski definition) is 3. The quantitative estimate of drug-likeness (QED) is 0.839. The van der Waals surface area contributed by atoms with Gasteiger partial charge in [-0.15, -0.1) is 0 Å². The number of rotatable bonds is 7. The van der Waals surface area contributed by atoms with Crippen LogP contribution in [-0.2, 0) is 4.79 Å². The van der Waals surface area contributed by atoms with E-state index in [1.54, 1.807) is 7.11 Å². The lowest BCUT2D eigenvalue weighted by molar-refractivity contribution is -0.124. The summed E-state index contributed by atoms with van der Waals surface area (Å²) in [6.45, 7) is 6.13. The first-order valence-corrected chi connectivity index (χ1v) is 8.13. The highest BCUT2D eigenvalue weighted by atomic mass is 16.5. The predicted molar refractivity (Wildman–Crippen MR) is 95.4 cm³/mol. The Morgan fingerprint density at radius 2 is 1.75 bits per heavy atom. The van der Waals surface area contributed by atoms with Crippen LogP contribution in [0.3, 0.4) is 0 Å². The number of hydrogen-bond donors (Lipinski definition) is 1. The Hall–Kier alpha value is -2.49. The van der Waals surface area contributed by atoms with Gasteiger partial charge in [-0.1, -0.05) is 44.2 Å². The van der Waals surface area contributed by atoms with E-state index in [-0.39, 0.29) is 24.5 Å². The molecule has 1 atom stereocenters. The van der Waals surface area contributed by atoms with E-state index in [4.69, 9.17) is 9.47 Å². The Labute approximate surface area is 143 Å². The zero-order valence-corrected chi connectivity index (χ0v) is 14.7. The number of benzene rings is 2. The van der Waals surface area contributed by atoms with Crippen LogP contribution >= 0.6 is 0 Å². The van der Waals surface area contributed by atoms with Crippen LogP contribution in [0.2, 0.25) is 0 Å². The maximum atomic E-state index is 12.3. The summed E-state index contributed by atoms with van der Waals surface area (Å²) in [7, 11) is 1.64. The summed E-state index contributed by atoms with van der Waals surface area (Å²) in [5.74, 6) is 1.67. The molecule has 0 aliphatic heterocycles. The van der Waals surface area contributed by atoms with Gasteiger partial charge >= 0.3 is 0 Å². The van der Waals surface area contributed by atoms with Crippen molar-refractivity contribution in [2.45, 2.75) is 26.8 Å². The van der Waals surface area contributed by atoms with Gasteiger partial charge in [-0.3, -0.25) is 4.79 Å². The predicted octanol–water partition coefficient (Wildman–Crippen LogP) is 3.90. The molecule has 0 saturated heterocycles. The van der Waals surface area contributed by atoms with Crippen LogP contribution in [0.4, 0.5) is 0 Å². The molecule has 1 amide bonds. The third kappa shape index (κ3) is 4.75. The van der Waals surface area contributed by atoms with Crippen LogP contribution in [0.1, 0.15) is 31.0 Å². The Balaban J connectivity index is 1.99. The zero-order valence-electron chi connectivity index (χ0n) is 14.7. The highest BCUT2D eigenvalue weighted by Gasteiger charge is 2.18. The average molecular weight is 327 g/mol. The normalized spacial score (nSPS) is 11.9. The van der Waals surface area contributed by atoms with Gasteiger partial charge in [0, 0.05) is 0 Å². The fourth-order valence-corrected chi connectivity index (χ4v) is 2.52. The molecule has 24 heavy (non-hydrogen) atoms. The molecule has 0 spiro atoms. The monoisotopic (exact) mass is 327 g/mol. The van der Waals surface area contributed by atoms with Gasteiger partial charge in [-0.05, 0) is 42.2 Å². The summed E-state index contributed by atoms with van der Waals surface area (Å²) in [5, 5.41) is 3.06. The number of carbonyl (C=O) groups excluding carboxylic acids is 1. The van der Waals surface area contributed by atoms with E-state index in [1.165, 1.54) is 0 Å². The van der Waals surface area contributed by atoms with Crippen LogP contribution in [0.25, 0.3) is 0 Å². The molecule has 0 aromatic heterocycles. The first-order valence-electron chi connectivity index (χ1n) is 8.13. The SMILES string of the molecule is COc1ccc([C@H](NC(=O)COc2ccccc2C)C(C)C)cc1. The summed E-state index contributed by atoms with van der Waals surface area (Å²) >= 11 is 0. The molecule has 1 N–H and O–H groups in total. The first kappa shape index (κ1) is 17.9. The van der Waals surface area contributed by atoms with Gasteiger partial charge in [-0.2, -0.15) is 0 Å². The van der Waals surface area contributed by atoms with Crippen LogP contribution in [-0.4, -0.2) is 19.6 Å². The van der Waals surface area contributed by atoms with Crippen molar-refractivity contribution in [1.82, 2.24) is 5.32 Å². The molecular formula is C20H25NO3. The number of aryl methyl sites for hydroxylation is 1. The van der Waals surface area contributed by atoms with E-state index in [0.717, 1.165) is 22.6 Å². The minimum absolute atomic E-state index is 0.00419. The van der Waals surface area contributed by atoms with Crippen LogP contribution in [0.15, 0.2) is 48.5 Å². The fourth-order valence-electron chi connectivity index (χ4n) is 2.52. The number of nitrogens with one attached hydrogen (secondary N) is 1. The topological polar surface area (TPSA) is 47.6 Å². The Morgan fingerprint density at radius 1 is 1.08 bits per heavy atom. The number of amides is 1. The summed E-state index contributed by atoms with van der Waals surface area (Å²) in [5.41, 5.74) is 2.07. The van der Waals surface area contributed by atoms with E-state index in [9.17, 15) is 4.79 Å². The molecule has 0 aliphatic rings. The molecule has 0 heterocycles. The van der Waals surface area contributed by atoms with Crippen molar-refractivity contribution >= 4 is 5.91 Å². The largest absolute Gasteiger partial charge is 0.497 e. The van der Waals surface area contributed by atoms with Crippen molar-refractivity contribution in [3.05, 3.63) is 59.7 Å². The number of para-hydroxylation sites is 1. The number of methoxy groups -OCH3 is 1. The van der Waals surface area contributed by atoms with E-state index < -0.39 is 0 Å². The molecule has 2 aromatic rings. The molecule has 0 saturated carbocycles. The molecule has 2 rings (SSSR count). The minimum Gasteiger partial charge on any atom is -0.497 e. The summed E-state index contributed by atoms with van der Waals surface area (Å²) in [6.07, 6.45) is 0. The third-order valence-corrected chi connectivity index (χ3v) is 3.91. The van der Waals surface area contributed by atoms with Gasteiger partial charge in [0.25, 0.3) is 5.91 Å². The van der Waals surface area contributed by atoms with Gasteiger partial charge in [-0.25, -0.2) is 0 Å². The molecule has 128 valence electrons. The van der Waals surface area contributed by atoms with Crippen LogP contribution < -0.4 is 14.8 Å². The van der Waals surface area contributed by atoms with Gasteiger partial charge in [0.05, 0.1) is 13.2 Å². The molecule has 0 unspecified atom stereocenters. The number of ether oxygens (including phenoxy) is 2. The highest BCUT2D eigenvalue weighted by Crippen LogP contribution is 2.24. The van der Waals surface area contributed by atoms with E-state index in [2.05, 4.69) is 19.2 Å². The maximum Gasteiger partial charge on any atom is 0.258 e. The molecule has 2 aromatic carbocycles. The standard InChI is InChI=1S/C20H25NO3/c1-14(2)20(16-9-11-17(23-4)12-10-16)21-19(22)13-24-18-8-6-5-7-15(18)3/h5-12,14,20H,13H2,1-4H3,(H,21,22)/t20-/m1/s1. The van der Waals surface area contributed by atoms with E-state index in [0.29, 0.717) is 0 Å². The Bertz CT molecular complexity index is 665. The molecule has 0 aliphatic carbocycles. The Morgan fingerprint density at radius 3 is 2.33 bits per heavy atom. The highest BCUT2D eigenvalue weighted by molar-refractivity contribution is 5.78. The van der Waals surface area contributed by atoms with Crippen molar-refractivity contribution in [2.75, 3.05) is 13.7 Å². The van der Waals surface area contributed by atoms with Crippen LogP contribution in [0, 0.1) is 12.8 Å². The van der Waals surface area contributed by atoms with E-state index in [1.807, 2.05) is 55.5 Å². The van der Waals surface area contributed by atoms with Crippen LogP contribution in [0.5, 0.6) is 11.5 Å². The molecule has 4 nitrogen and oxygen atoms in total. The van der Waals surface area contributed by atoms with Gasteiger partial charge in [0.15, 0.2) is 6.61 Å². The third-order valence-electron chi connectivity index (χ3n) is 3.91. The summed E-state index contributed by atoms with van der Waals surface area (Å²) in [4.78, 5) is 12.3. The molecule has 0 fully saturated rings. The minimum atomic E-state index is -0.132. The Kier molecular flexibility index (Phi) is 6.24. The lowest BCUT2D eigenvalue weighted by Crippen LogP contribution is -2.35. The zero-order chi connectivity index (χ0) is 17.5. The molecule has 0 bridgehead atoms. The van der Waals surface area contributed by atoms with Gasteiger partial charge < -0.3 is 14.8 Å². The number of carbonyl (C=O) groups is 1. The van der Waals surface area contributed by atoms with Gasteiger partial charge in [0.2, 0.25) is 0 Å². The molecule has 4 heteroatoms. The van der Waals surface area contributed by atoms with Crippen molar-refractivity contribution in [2.24, 2.45) is 5.92 Å². The maximum absolute atomic E-state index is 12.3. The second kappa shape index (κ2) is 8.39. The lowest BCUT2D eigenvalue weighted by atomic mass is 9.96.